The minimum atomic E-state index is -0.663. The van der Waals surface area contributed by atoms with Gasteiger partial charge in [0.25, 0.3) is 5.95 Å². The maximum atomic E-state index is 13.3. The summed E-state index contributed by atoms with van der Waals surface area (Å²) in [4.78, 5) is 7.63. The Morgan fingerprint density at radius 2 is 1.89 bits per heavy atom. The van der Waals surface area contributed by atoms with Crippen LogP contribution in [0.4, 0.5) is 4.39 Å². The van der Waals surface area contributed by atoms with Gasteiger partial charge in [0.05, 0.1) is 14.2 Å². The second-order valence-corrected chi connectivity index (χ2v) is 3.57. The normalized spacial score (nSPS) is 10.1. The summed E-state index contributed by atoms with van der Waals surface area (Å²) in [7, 11) is 3.04. The number of hydrogen-bond acceptors (Lipinski definition) is 5. The van der Waals surface area contributed by atoms with Crippen molar-refractivity contribution >= 4 is 0 Å². The van der Waals surface area contributed by atoms with Crippen LogP contribution in [0.1, 0.15) is 5.69 Å². The highest BCUT2D eigenvalue weighted by molar-refractivity contribution is 5.42. The third kappa shape index (κ3) is 2.90. The average molecular weight is 264 g/mol. The lowest BCUT2D eigenvalue weighted by Gasteiger charge is -2.12. The Bertz CT molecular complexity index is 563. The van der Waals surface area contributed by atoms with Crippen molar-refractivity contribution in [3.8, 4) is 17.2 Å². The summed E-state index contributed by atoms with van der Waals surface area (Å²) < 4.78 is 29.0. The summed E-state index contributed by atoms with van der Waals surface area (Å²) in [5.74, 6) is 0.413. The Morgan fingerprint density at radius 1 is 1.05 bits per heavy atom. The molecule has 0 aliphatic carbocycles. The van der Waals surface area contributed by atoms with E-state index in [2.05, 4.69) is 9.97 Å². The van der Waals surface area contributed by atoms with Crippen LogP contribution in [-0.2, 0) is 6.61 Å². The number of halogens is 1. The van der Waals surface area contributed by atoms with Gasteiger partial charge in [-0.05, 0) is 12.1 Å². The zero-order valence-electron chi connectivity index (χ0n) is 10.6. The van der Waals surface area contributed by atoms with Gasteiger partial charge in [0.15, 0.2) is 17.2 Å². The minimum absolute atomic E-state index is 0.0585. The number of pyridine rings is 2. The van der Waals surface area contributed by atoms with E-state index >= 15 is 0 Å². The number of methoxy groups -OCH3 is 2. The second kappa shape index (κ2) is 5.99. The van der Waals surface area contributed by atoms with Crippen LogP contribution in [0.2, 0.25) is 0 Å². The largest absolute Gasteiger partial charge is 0.493 e. The van der Waals surface area contributed by atoms with Gasteiger partial charge in [-0.1, -0.05) is 0 Å². The predicted octanol–water partition coefficient (Wildman–Crippen LogP) is 2.21. The highest BCUT2D eigenvalue weighted by Gasteiger charge is 2.12. The molecule has 0 radical (unpaired) electrons. The maximum Gasteiger partial charge on any atom is 0.255 e. The third-order valence-electron chi connectivity index (χ3n) is 2.46. The van der Waals surface area contributed by atoms with Crippen LogP contribution in [-0.4, -0.2) is 24.2 Å². The molecule has 6 heteroatoms. The smallest absolute Gasteiger partial charge is 0.255 e. The molecule has 0 amide bonds. The first-order valence-corrected chi connectivity index (χ1v) is 5.55. The minimum Gasteiger partial charge on any atom is -0.493 e. The van der Waals surface area contributed by atoms with Crippen molar-refractivity contribution in [2.45, 2.75) is 6.61 Å². The Kier molecular flexibility index (Phi) is 4.12. The summed E-state index contributed by atoms with van der Waals surface area (Å²) in [5, 5.41) is 0. The van der Waals surface area contributed by atoms with Gasteiger partial charge in [0, 0.05) is 18.5 Å². The lowest BCUT2D eigenvalue weighted by atomic mass is 10.3. The number of ether oxygens (including phenoxy) is 3. The van der Waals surface area contributed by atoms with E-state index in [0.717, 1.165) is 0 Å². The first-order chi connectivity index (χ1) is 9.26. The molecule has 0 aromatic carbocycles. The van der Waals surface area contributed by atoms with Crippen molar-refractivity contribution < 1.29 is 18.6 Å². The van der Waals surface area contributed by atoms with Crippen molar-refractivity contribution in [1.29, 1.82) is 0 Å². The third-order valence-corrected chi connectivity index (χ3v) is 2.46. The second-order valence-electron chi connectivity index (χ2n) is 3.57. The SMILES string of the molecule is COc1ccnc(COc2cccnc2F)c1OC. The lowest BCUT2D eigenvalue weighted by Crippen LogP contribution is -2.04. The molecule has 0 spiro atoms. The van der Waals surface area contributed by atoms with E-state index in [9.17, 15) is 4.39 Å². The summed E-state index contributed by atoms with van der Waals surface area (Å²) in [6.07, 6.45) is 2.92. The molecule has 0 saturated heterocycles. The van der Waals surface area contributed by atoms with Gasteiger partial charge in [-0.3, -0.25) is 4.98 Å². The zero-order chi connectivity index (χ0) is 13.7. The molecule has 0 N–H and O–H groups in total. The fourth-order valence-electron chi connectivity index (χ4n) is 1.58. The van der Waals surface area contributed by atoms with Gasteiger partial charge >= 0.3 is 0 Å². The molecule has 2 aromatic heterocycles. The highest BCUT2D eigenvalue weighted by Crippen LogP contribution is 2.29. The topological polar surface area (TPSA) is 53.5 Å². The molecule has 2 rings (SSSR count). The van der Waals surface area contributed by atoms with E-state index in [1.165, 1.54) is 26.5 Å². The first-order valence-electron chi connectivity index (χ1n) is 5.55. The van der Waals surface area contributed by atoms with Crippen molar-refractivity contribution in [1.82, 2.24) is 9.97 Å². The van der Waals surface area contributed by atoms with Crippen molar-refractivity contribution in [3.05, 3.63) is 42.2 Å². The predicted molar refractivity (Wildman–Crippen MR) is 65.9 cm³/mol. The van der Waals surface area contributed by atoms with E-state index in [1.54, 1.807) is 18.3 Å². The van der Waals surface area contributed by atoms with E-state index in [4.69, 9.17) is 14.2 Å². The van der Waals surface area contributed by atoms with Crippen molar-refractivity contribution in [2.24, 2.45) is 0 Å². The monoisotopic (exact) mass is 264 g/mol. The van der Waals surface area contributed by atoms with Gasteiger partial charge < -0.3 is 14.2 Å². The van der Waals surface area contributed by atoms with Crippen LogP contribution in [0.5, 0.6) is 17.2 Å². The molecule has 2 aromatic rings. The van der Waals surface area contributed by atoms with E-state index in [0.29, 0.717) is 17.2 Å². The van der Waals surface area contributed by atoms with Crippen molar-refractivity contribution in [3.63, 3.8) is 0 Å². The Labute approximate surface area is 110 Å². The van der Waals surface area contributed by atoms with E-state index < -0.39 is 5.95 Å². The molecular formula is C13H13FN2O3. The number of hydrogen-bond donors (Lipinski definition) is 0. The Balaban J connectivity index is 2.18. The van der Waals surface area contributed by atoms with Crippen LogP contribution >= 0.6 is 0 Å². The van der Waals surface area contributed by atoms with Gasteiger partial charge in [-0.15, -0.1) is 0 Å². The summed E-state index contributed by atoms with van der Waals surface area (Å²) >= 11 is 0. The van der Waals surface area contributed by atoms with Crippen molar-refractivity contribution in [2.75, 3.05) is 14.2 Å². The maximum absolute atomic E-state index is 13.3. The molecule has 100 valence electrons. The summed E-state index contributed by atoms with van der Waals surface area (Å²) in [5.41, 5.74) is 0.519. The zero-order valence-corrected chi connectivity index (χ0v) is 10.6. The Hall–Kier alpha value is -2.37. The molecule has 0 unspecified atom stereocenters. The molecule has 5 nitrogen and oxygen atoms in total. The lowest BCUT2D eigenvalue weighted by molar-refractivity contribution is 0.270. The van der Waals surface area contributed by atoms with E-state index in [-0.39, 0.29) is 12.4 Å². The molecule has 19 heavy (non-hydrogen) atoms. The van der Waals surface area contributed by atoms with Crippen LogP contribution in [0.15, 0.2) is 30.6 Å². The van der Waals surface area contributed by atoms with E-state index in [1.807, 2.05) is 0 Å². The van der Waals surface area contributed by atoms with Gasteiger partial charge in [-0.2, -0.15) is 4.39 Å². The summed E-state index contributed by atoms with van der Waals surface area (Å²) in [6.45, 7) is 0.0585. The van der Waals surface area contributed by atoms with Crippen LogP contribution in [0, 0.1) is 5.95 Å². The van der Waals surface area contributed by atoms with Gasteiger partial charge in [-0.25, -0.2) is 4.98 Å². The molecule has 0 aliphatic rings. The number of nitrogens with zero attached hydrogens (tertiary/aromatic N) is 2. The quantitative estimate of drug-likeness (QED) is 0.775. The molecular weight excluding hydrogens is 251 g/mol. The standard InChI is InChI=1S/C13H13FN2O3/c1-17-10-5-7-15-9(12(10)18-2)8-19-11-4-3-6-16-13(11)14/h3-7H,8H2,1-2H3. The average Bonchev–Trinajstić information content (AvgIpc) is 2.45. The van der Waals surface area contributed by atoms with Gasteiger partial charge in [0.2, 0.25) is 0 Å². The first kappa shape index (κ1) is 13.1. The molecule has 0 aliphatic heterocycles. The number of rotatable bonds is 5. The molecule has 2 heterocycles. The fourth-order valence-corrected chi connectivity index (χ4v) is 1.58. The molecule has 0 bridgehead atoms. The van der Waals surface area contributed by atoms with Crippen LogP contribution in [0.3, 0.4) is 0 Å². The molecule has 0 atom stereocenters. The van der Waals surface area contributed by atoms with Crippen LogP contribution < -0.4 is 14.2 Å². The highest BCUT2D eigenvalue weighted by atomic mass is 19.1. The van der Waals surface area contributed by atoms with Gasteiger partial charge in [0.1, 0.15) is 12.3 Å². The summed E-state index contributed by atoms with van der Waals surface area (Å²) in [6, 6.07) is 4.76. The van der Waals surface area contributed by atoms with Crippen LogP contribution in [0.25, 0.3) is 0 Å². The number of aromatic nitrogens is 2. The molecule has 0 saturated carbocycles. The molecule has 0 fully saturated rings. The fraction of sp³-hybridized carbons (Fsp3) is 0.231. The Morgan fingerprint density at radius 3 is 2.58 bits per heavy atom.